The molecule has 0 atom stereocenters. The lowest BCUT2D eigenvalue weighted by Crippen LogP contribution is -1.84. The van der Waals surface area contributed by atoms with E-state index >= 15 is 0 Å². The molecule has 0 radical (unpaired) electrons. The van der Waals surface area contributed by atoms with Crippen LogP contribution in [0.4, 0.5) is 0 Å². The van der Waals surface area contributed by atoms with Gasteiger partial charge in [-0.25, -0.2) is 9.97 Å². The van der Waals surface area contributed by atoms with Crippen LogP contribution in [0.15, 0.2) is 36.5 Å². The average Bonchev–Trinajstić information content (AvgIpc) is 2.72. The van der Waals surface area contributed by atoms with E-state index in [-0.39, 0.29) is 0 Å². The van der Waals surface area contributed by atoms with Crippen molar-refractivity contribution in [1.82, 2.24) is 20.2 Å². The summed E-state index contributed by atoms with van der Waals surface area (Å²) in [6.07, 6.45) is 1.71. The molecule has 3 heterocycles. The number of hydrogen-bond donors (Lipinski definition) is 1. The maximum Gasteiger partial charge on any atom is 0.181 e. The highest BCUT2D eigenvalue weighted by atomic mass is 35.5. The number of aromatic nitrogens is 4. The summed E-state index contributed by atoms with van der Waals surface area (Å²) in [5.41, 5.74) is 2.29. The average molecular weight is 231 g/mol. The van der Waals surface area contributed by atoms with E-state index in [1.165, 1.54) is 0 Å². The molecule has 3 rings (SSSR count). The van der Waals surface area contributed by atoms with Crippen LogP contribution >= 0.6 is 11.6 Å². The van der Waals surface area contributed by atoms with Crippen molar-refractivity contribution in [3.05, 3.63) is 41.7 Å². The molecule has 0 fully saturated rings. The van der Waals surface area contributed by atoms with Gasteiger partial charge in [0, 0.05) is 11.6 Å². The van der Waals surface area contributed by atoms with Crippen molar-refractivity contribution >= 4 is 22.6 Å². The first kappa shape index (κ1) is 9.30. The molecule has 78 valence electrons. The summed E-state index contributed by atoms with van der Waals surface area (Å²) >= 11 is 5.85. The van der Waals surface area contributed by atoms with Gasteiger partial charge in [-0.1, -0.05) is 17.7 Å². The van der Waals surface area contributed by atoms with Crippen LogP contribution in [0.5, 0.6) is 0 Å². The normalized spacial score (nSPS) is 10.8. The van der Waals surface area contributed by atoms with Gasteiger partial charge in [-0.3, -0.25) is 5.10 Å². The Labute approximate surface area is 96.3 Å². The highest BCUT2D eigenvalue weighted by molar-refractivity contribution is 6.29. The van der Waals surface area contributed by atoms with Crippen LogP contribution in [0.3, 0.4) is 0 Å². The van der Waals surface area contributed by atoms with Gasteiger partial charge >= 0.3 is 0 Å². The second-order valence-corrected chi connectivity index (χ2v) is 3.71. The first-order chi connectivity index (χ1) is 7.84. The minimum absolute atomic E-state index is 0.462. The molecule has 3 aromatic heterocycles. The SMILES string of the molecule is Clc1cccc(-c2[nH]nc3ncccc23)n1. The summed E-state index contributed by atoms with van der Waals surface area (Å²) in [5, 5.41) is 8.43. The molecule has 0 aliphatic rings. The lowest BCUT2D eigenvalue weighted by molar-refractivity contribution is 1.09. The summed E-state index contributed by atoms with van der Waals surface area (Å²) in [6, 6.07) is 9.29. The molecule has 0 unspecified atom stereocenters. The molecule has 0 aliphatic carbocycles. The van der Waals surface area contributed by atoms with Crippen molar-refractivity contribution in [3.63, 3.8) is 0 Å². The van der Waals surface area contributed by atoms with Gasteiger partial charge in [0.15, 0.2) is 5.65 Å². The molecule has 0 saturated heterocycles. The Morgan fingerprint density at radius 2 is 2.06 bits per heavy atom. The zero-order valence-electron chi connectivity index (χ0n) is 8.18. The lowest BCUT2D eigenvalue weighted by Gasteiger charge is -1.97. The number of H-pyrrole nitrogens is 1. The van der Waals surface area contributed by atoms with Gasteiger partial charge in [0.1, 0.15) is 5.15 Å². The van der Waals surface area contributed by atoms with E-state index in [1.54, 1.807) is 12.3 Å². The molecule has 5 heteroatoms. The van der Waals surface area contributed by atoms with E-state index in [0.29, 0.717) is 10.8 Å². The van der Waals surface area contributed by atoms with Crippen LogP contribution in [0.1, 0.15) is 0 Å². The third-order valence-corrected chi connectivity index (χ3v) is 2.51. The predicted molar refractivity (Wildman–Crippen MR) is 62.1 cm³/mol. The number of aromatic amines is 1. The third kappa shape index (κ3) is 1.44. The van der Waals surface area contributed by atoms with Crippen molar-refractivity contribution in [1.29, 1.82) is 0 Å². The molecule has 0 bridgehead atoms. The molecule has 0 amide bonds. The minimum atomic E-state index is 0.462. The van der Waals surface area contributed by atoms with E-state index in [4.69, 9.17) is 11.6 Å². The van der Waals surface area contributed by atoms with Gasteiger partial charge in [0.2, 0.25) is 0 Å². The number of halogens is 1. The maximum absolute atomic E-state index is 5.85. The van der Waals surface area contributed by atoms with Gasteiger partial charge in [0.05, 0.1) is 11.4 Å². The maximum atomic E-state index is 5.85. The van der Waals surface area contributed by atoms with Gasteiger partial charge in [-0.05, 0) is 24.3 Å². The summed E-state index contributed by atoms with van der Waals surface area (Å²) < 4.78 is 0. The first-order valence-electron chi connectivity index (χ1n) is 4.76. The summed E-state index contributed by atoms with van der Waals surface area (Å²) in [5.74, 6) is 0. The van der Waals surface area contributed by atoms with Crippen molar-refractivity contribution in [2.24, 2.45) is 0 Å². The fourth-order valence-electron chi connectivity index (χ4n) is 1.59. The topological polar surface area (TPSA) is 54.5 Å². The molecule has 4 nitrogen and oxygen atoms in total. The molecular weight excluding hydrogens is 224 g/mol. The molecule has 0 aromatic carbocycles. The van der Waals surface area contributed by atoms with Gasteiger partial charge in [-0.2, -0.15) is 5.10 Å². The van der Waals surface area contributed by atoms with E-state index < -0.39 is 0 Å². The number of rotatable bonds is 1. The molecular formula is C11H7ClN4. The molecule has 1 N–H and O–H groups in total. The van der Waals surface area contributed by atoms with Crippen LogP contribution < -0.4 is 0 Å². The van der Waals surface area contributed by atoms with Crippen LogP contribution in [0.25, 0.3) is 22.4 Å². The third-order valence-electron chi connectivity index (χ3n) is 2.30. The van der Waals surface area contributed by atoms with Gasteiger partial charge < -0.3 is 0 Å². The monoisotopic (exact) mass is 230 g/mol. The molecule has 0 spiro atoms. The number of nitrogens with zero attached hydrogens (tertiary/aromatic N) is 3. The molecule has 16 heavy (non-hydrogen) atoms. The number of pyridine rings is 2. The highest BCUT2D eigenvalue weighted by Gasteiger charge is 2.08. The van der Waals surface area contributed by atoms with Gasteiger partial charge in [0.25, 0.3) is 0 Å². The lowest BCUT2D eigenvalue weighted by atomic mass is 10.2. The number of fused-ring (bicyclic) bond motifs is 1. The minimum Gasteiger partial charge on any atom is -0.273 e. The number of hydrogen-bond acceptors (Lipinski definition) is 3. The Kier molecular flexibility index (Phi) is 2.08. The van der Waals surface area contributed by atoms with Crippen LogP contribution in [0, 0.1) is 0 Å². The second kappa shape index (κ2) is 3.57. The van der Waals surface area contributed by atoms with E-state index in [9.17, 15) is 0 Å². The van der Waals surface area contributed by atoms with Gasteiger partial charge in [-0.15, -0.1) is 0 Å². The fourth-order valence-corrected chi connectivity index (χ4v) is 1.76. The van der Waals surface area contributed by atoms with E-state index in [1.807, 2.05) is 24.3 Å². The Balaban J connectivity index is 2.26. The fraction of sp³-hybridized carbons (Fsp3) is 0. The Morgan fingerprint density at radius 3 is 2.94 bits per heavy atom. The Morgan fingerprint density at radius 1 is 1.12 bits per heavy atom. The number of nitrogens with one attached hydrogen (secondary N) is 1. The largest absolute Gasteiger partial charge is 0.273 e. The quantitative estimate of drug-likeness (QED) is 0.654. The van der Waals surface area contributed by atoms with E-state index in [0.717, 1.165) is 16.8 Å². The van der Waals surface area contributed by atoms with E-state index in [2.05, 4.69) is 20.2 Å². The summed E-state index contributed by atoms with van der Waals surface area (Å²) in [4.78, 5) is 8.38. The predicted octanol–water partition coefficient (Wildman–Crippen LogP) is 2.67. The highest BCUT2D eigenvalue weighted by Crippen LogP contribution is 2.23. The van der Waals surface area contributed by atoms with Crippen molar-refractivity contribution in [3.8, 4) is 11.4 Å². The molecule has 3 aromatic rings. The van der Waals surface area contributed by atoms with Crippen molar-refractivity contribution < 1.29 is 0 Å². The van der Waals surface area contributed by atoms with Crippen LogP contribution in [0.2, 0.25) is 5.15 Å². The standard InChI is InChI=1S/C11H7ClN4/c12-9-5-1-4-8(14-9)10-7-3-2-6-13-11(7)16-15-10/h1-6H,(H,13,15,16). The Bertz CT molecular complexity index is 647. The molecule has 0 saturated carbocycles. The second-order valence-electron chi connectivity index (χ2n) is 3.32. The molecule has 0 aliphatic heterocycles. The van der Waals surface area contributed by atoms with Crippen LogP contribution in [-0.4, -0.2) is 20.2 Å². The summed E-state index contributed by atoms with van der Waals surface area (Å²) in [6.45, 7) is 0. The van der Waals surface area contributed by atoms with Crippen molar-refractivity contribution in [2.45, 2.75) is 0 Å². The van der Waals surface area contributed by atoms with Crippen LogP contribution in [-0.2, 0) is 0 Å². The first-order valence-corrected chi connectivity index (χ1v) is 5.14. The Hall–Kier alpha value is -1.94. The van der Waals surface area contributed by atoms with Crippen molar-refractivity contribution in [2.75, 3.05) is 0 Å². The smallest absolute Gasteiger partial charge is 0.181 e. The zero-order chi connectivity index (χ0) is 11.0. The summed E-state index contributed by atoms with van der Waals surface area (Å²) in [7, 11) is 0. The zero-order valence-corrected chi connectivity index (χ0v) is 8.94.